The highest BCUT2D eigenvalue weighted by Gasteiger charge is 2.32. The standard InChI is InChI=1S/C27H26BrN3O2S/c1-2-31-26(32)25(18-23-14-15-24(33-23)19-6-8-20(28)9-7-19)34-27(31)29-21-10-12-22(13-11-21)30-16-4-3-5-17-30/h6-15,18H,2-5,16-17H2,1H3/b25-18+,29-27?. The molecule has 2 saturated heterocycles. The van der Waals surface area contributed by atoms with E-state index in [0.717, 1.165) is 34.6 Å². The second-order valence-electron chi connectivity index (χ2n) is 8.33. The predicted octanol–water partition coefficient (Wildman–Crippen LogP) is 7.32. The number of benzene rings is 2. The third-order valence-corrected chi connectivity index (χ3v) is 7.56. The average molecular weight is 536 g/mol. The van der Waals surface area contributed by atoms with Crippen molar-refractivity contribution < 1.29 is 9.21 Å². The summed E-state index contributed by atoms with van der Waals surface area (Å²) in [5.74, 6) is 1.37. The predicted molar refractivity (Wildman–Crippen MR) is 144 cm³/mol. The highest BCUT2D eigenvalue weighted by molar-refractivity contribution is 9.10. The van der Waals surface area contributed by atoms with Crippen LogP contribution in [-0.4, -0.2) is 35.6 Å². The van der Waals surface area contributed by atoms with Gasteiger partial charge in [0.1, 0.15) is 11.5 Å². The van der Waals surface area contributed by atoms with Gasteiger partial charge in [0.2, 0.25) is 0 Å². The number of carbonyl (C=O) groups is 1. The maximum Gasteiger partial charge on any atom is 0.266 e. The maximum absolute atomic E-state index is 13.0. The summed E-state index contributed by atoms with van der Waals surface area (Å²) < 4.78 is 7.01. The molecule has 2 aliphatic heterocycles. The zero-order valence-electron chi connectivity index (χ0n) is 19.0. The molecule has 7 heteroatoms. The lowest BCUT2D eigenvalue weighted by atomic mass is 10.1. The molecule has 2 fully saturated rings. The van der Waals surface area contributed by atoms with Crippen LogP contribution >= 0.6 is 27.7 Å². The van der Waals surface area contributed by atoms with Gasteiger partial charge >= 0.3 is 0 Å². The maximum atomic E-state index is 13.0. The van der Waals surface area contributed by atoms with E-state index in [-0.39, 0.29) is 5.91 Å². The van der Waals surface area contributed by atoms with Crippen molar-refractivity contribution in [2.45, 2.75) is 26.2 Å². The fourth-order valence-electron chi connectivity index (χ4n) is 4.20. The van der Waals surface area contributed by atoms with Crippen molar-refractivity contribution in [3.8, 4) is 11.3 Å². The molecule has 3 heterocycles. The summed E-state index contributed by atoms with van der Waals surface area (Å²) in [7, 11) is 0. The number of halogens is 1. The van der Waals surface area contributed by atoms with E-state index < -0.39 is 0 Å². The van der Waals surface area contributed by atoms with E-state index in [0.29, 0.717) is 22.4 Å². The quantitative estimate of drug-likeness (QED) is 0.321. The average Bonchev–Trinajstić information content (AvgIpc) is 3.45. The highest BCUT2D eigenvalue weighted by atomic mass is 79.9. The molecule has 2 aliphatic rings. The molecule has 5 rings (SSSR count). The van der Waals surface area contributed by atoms with Gasteiger partial charge in [-0.3, -0.25) is 9.69 Å². The van der Waals surface area contributed by atoms with Gasteiger partial charge in [-0.1, -0.05) is 28.1 Å². The number of anilines is 1. The molecule has 5 nitrogen and oxygen atoms in total. The van der Waals surface area contributed by atoms with Gasteiger partial charge in [-0.15, -0.1) is 0 Å². The molecule has 0 saturated carbocycles. The van der Waals surface area contributed by atoms with Crippen LogP contribution in [0.4, 0.5) is 11.4 Å². The fourth-order valence-corrected chi connectivity index (χ4v) is 5.51. The number of aliphatic imine (C=N–C) groups is 1. The van der Waals surface area contributed by atoms with E-state index in [9.17, 15) is 4.79 Å². The smallest absolute Gasteiger partial charge is 0.266 e. The Kier molecular flexibility index (Phi) is 6.92. The summed E-state index contributed by atoms with van der Waals surface area (Å²) in [4.78, 5) is 22.6. The molecule has 0 radical (unpaired) electrons. The lowest BCUT2D eigenvalue weighted by Gasteiger charge is -2.28. The van der Waals surface area contributed by atoms with E-state index in [2.05, 4.69) is 33.0 Å². The van der Waals surface area contributed by atoms with Gasteiger partial charge in [-0.05, 0) is 86.5 Å². The monoisotopic (exact) mass is 535 g/mol. The number of rotatable bonds is 5. The van der Waals surface area contributed by atoms with E-state index in [1.807, 2.05) is 55.5 Å². The lowest BCUT2D eigenvalue weighted by Crippen LogP contribution is -2.29. The summed E-state index contributed by atoms with van der Waals surface area (Å²) >= 11 is 4.84. The summed E-state index contributed by atoms with van der Waals surface area (Å²) in [5.41, 5.74) is 3.08. The number of likely N-dealkylation sites (N-methyl/N-ethyl adjacent to an activating group) is 1. The number of thioether (sulfide) groups is 1. The van der Waals surface area contributed by atoms with E-state index in [4.69, 9.17) is 9.41 Å². The minimum atomic E-state index is -0.0437. The number of hydrogen-bond donors (Lipinski definition) is 0. The molecule has 0 aliphatic carbocycles. The van der Waals surface area contributed by atoms with Gasteiger partial charge in [0.05, 0.1) is 10.6 Å². The molecule has 0 unspecified atom stereocenters. The summed E-state index contributed by atoms with van der Waals surface area (Å²) in [6.45, 7) is 4.77. The van der Waals surface area contributed by atoms with Crippen molar-refractivity contribution in [3.05, 3.63) is 75.8 Å². The van der Waals surface area contributed by atoms with E-state index in [1.54, 1.807) is 11.0 Å². The van der Waals surface area contributed by atoms with E-state index >= 15 is 0 Å². The molecule has 0 bridgehead atoms. The number of carbonyl (C=O) groups excluding carboxylic acids is 1. The summed E-state index contributed by atoms with van der Waals surface area (Å²) in [6, 6.07) is 20.1. The molecule has 1 aromatic heterocycles. The first-order chi connectivity index (χ1) is 16.6. The van der Waals surface area contributed by atoms with Crippen molar-refractivity contribution in [2.24, 2.45) is 4.99 Å². The summed E-state index contributed by atoms with van der Waals surface area (Å²) in [5, 5.41) is 0.698. The third kappa shape index (κ3) is 5.00. The normalized spacial score (nSPS) is 18.9. The van der Waals surface area contributed by atoms with Crippen LogP contribution in [0.15, 0.2) is 79.5 Å². The Balaban J connectivity index is 1.34. The lowest BCUT2D eigenvalue weighted by molar-refractivity contribution is -0.122. The summed E-state index contributed by atoms with van der Waals surface area (Å²) in [6.07, 6.45) is 5.63. The molecule has 0 spiro atoms. The van der Waals surface area contributed by atoms with Crippen LogP contribution < -0.4 is 4.90 Å². The first kappa shape index (κ1) is 23.0. The Labute approximate surface area is 212 Å². The van der Waals surface area contributed by atoms with Crippen molar-refractivity contribution in [2.75, 3.05) is 24.5 Å². The second-order valence-corrected chi connectivity index (χ2v) is 10.3. The van der Waals surface area contributed by atoms with Gasteiger partial charge < -0.3 is 9.32 Å². The van der Waals surface area contributed by atoms with Crippen LogP contribution in [0.5, 0.6) is 0 Å². The van der Waals surface area contributed by atoms with Crippen molar-refractivity contribution >= 4 is 56.2 Å². The molecule has 3 aromatic rings. The first-order valence-corrected chi connectivity index (χ1v) is 13.2. The Bertz CT molecular complexity index is 1230. The SMILES string of the molecule is CCN1C(=O)/C(=C\c2ccc(-c3ccc(Br)cc3)o2)SC1=Nc1ccc(N2CCCCC2)cc1. The molecule has 0 atom stereocenters. The van der Waals surface area contributed by atoms with Crippen LogP contribution in [-0.2, 0) is 4.79 Å². The van der Waals surface area contributed by atoms with Crippen molar-refractivity contribution in [1.82, 2.24) is 4.90 Å². The highest BCUT2D eigenvalue weighted by Crippen LogP contribution is 2.35. The van der Waals surface area contributed by atoms with Gasteiger partial charge in [-0.25, -0.2) is 4.99 Å². The largest absolute Gasteiger partial charge is 0.457 e. The van der Waals surface area contributed by atoms with Crippen LogP contribution in [0.2, 0.25) is 0 Å². The number of hydrogen-bond acceptors (Lipinski definition) is 5. The Morgan fingerprint density at radius 1 is 1.00 bits per heavy atom. The third-order valence-electron chi connectivity index (χ3n) is 6.03. The molecule has 2 aromatic carbocycles. The van der Waals surface area contributed by atoms with E-state index in [1.165, 1.54) is 36.7 Å². The van der Waals surface area contributed by atoms with Crippen LogP contribution in [0, 0.1) is 0 Å². The minimum Gasteiger partial charge on any atom is -0.457 e. The molecule has 0 N–H and O–H groups in total. The molecule has 174 valence electrons. The number of nitrogens with zero attached hydrogens (tertiary/aromatic N) is 3. The van der Waals surface area contributed by atoms with Gasteiger partial charge in [0.25, 0.3) is 5.91 Å². The number of piperidine rings is 1. The second kappa shape index (κ2) is 10.2. The number of furan rings is 1. The van der Waals surface area contributed by atoms with Crippen molar-refractivity contribution in [3.63, 3.8) is 0 Å². The molecular weight excluding hydrogens is 510 g/mol. The van der Waals surface area contributed by atoms with Crippen LogP contribution in [0.1, 0.15) is 31.9 Å². The fraction of sp³-hybridized carbons (Fsp3) is 0.259. The zero-order valence-corrected chi connectivity index (χ0v) is 21.4. The van der Waals surface area contributed by atoms with Gasteiger partial charge in [0.15, 0.2) is 5.17 Å². The topological polar surface area (TPSA) is 49.1 Å². The number of amides is 1. The molecular formula is C27H26BrN3O2S. The Hall–Kier alpha value is -2.77. The molecule has 1 amide bonds. The number of amidine groups is 1. The zero-order chi connectivity index (χ0) is 23.5. The van der Waals surface area contributed by atoms with Crippen molar-refractivity contribution in [1.29, 1.82) is 0 Å². The van der Waals surface area contributed by atoms with Gasteiger partial charge in [-0.2, -0.15) is 0 Å². The minimum absolute atomic E-state index is 0.0437. The Morgan fingerprint density at radius 2 is 1.74 bits per heavy atom. The first-order valence-electron chi connectivity index (χ1n) is 11.6. The van der Waals surface area contributed by atoms with Gasteiger partial charge in [0, 0.05) is 41.4 Å². The Morgan fingerprint density at radius 3 is 2.44 bits per heavy atom. The molecule has 34 heavy (non-hydrogen) atoms. The van der Waals surface area contributed by atoms with Crippen LogP contribution in [0.3, 0.4) is 0 Å². The van der Waals surface area contributed by atoms with Crippen LogP contribution in [0.25, 0.3) is 17.4 Å².